The second kappa shape index (κ2) is 5.84. The van der Waals surface area contributed by atoms with Crippen LogP contribution in [0.3, 0.4) is 0 Å². The Kier molecular flexibility index (Phi) is 4.16. The first kappa shape index (κ1) is 13.5. The molecule has 0 bridgehead atoms. The molecule has 1 fully saturated rings. The number of para-hydroxylation sites is 1. The number of hydrogen-bond acceptors (Lipinski definition) is 4. The summed E-state index contributed by atoms with van der Waals surface area (Å²) in [7, 11) is 1.32. The lowest BCUT2D eigenvalue weighted by Crippen LogP contribution is -2.28. The summed E-state index contributed by atoms with van der Waals surface area (Å²) in [6.07, 6.45) is 0. The topological polar surface area (TPSA) is 67.4 Å². The van der Waals surface area contributed by atoms with Crippen LogP contribution in [0.15, 0.2) is 24.3 Å². The maximum Gasteiger partial charge on any atom is 0.339 e. The molecular formula is C14H18N2O3. The van der Waals surface area contributed by atoms with Gasteiger partial charge >= 0.3 is 5.97 Å². The number of esters is 1. The number of benzene rings is 1. The van der Waals surface area contributed by atoms with Crippen molar-refractivity contribution in [2.75, 3.05) is 25.5 Å². The highest BCUT2D eigenvalue weighted by Gasteiger charge is 2.30. The van der Waals surface area contributed by atoms with Gasteiger partial charge in [0.1, 0.15) is 0 Å². The molecule has 19 heavy (non-hydrogen) atoms. The maximum absolute atomic E-state index is 12.2. The van der Waals surface area contributed by atoms with E-state index in [1.165, 1.54) is 7.11 Å². The molecule has 0 radical (unpaired) electrons. The first-order valence-corrected chi connectivity index (χ1v) is 6.32. The quantitative estimate of drug-likeness (QED) is 0.805. The van der Waals surface area contributed by atoms with Gasteiger partial charge in [-0.1, -0.05) is 19.1 Å². The van der Waals surface area contributed by atoms with Gasteiger partial charge in [0.25, 0.3) is 0 Å². The average Bonchev–Trinajstić information content (AvgIpc) is 2.85. The monoisotopic (exact) mass is 262 g/mol. The Morgan fingerprint density at radius 2 is 2.05 bits per heavy atom. The zero-order valence-electron chi connectivity index (χ0n) is 11.1. The highest BCUT2D eigenvalue weighted by atomic mass is 16.5. The molecular weight excluding hydrogens is 244 g/mol. The van der Waals surface area contributed by atoms with Crippen LogP contribution in [0.4, 0.5) is 5.69 Å². The van der Waals surface area contributed by atoms with Crippen molar-refractivity contribution in [2.45, 2.75) is 6.92 Å². The first-order chi connectivity index (χ1) is 9.13. The number of anilines is 1. The fourth-order valence-electron chi connectivity index (χ4n) is 2.27. The van der Waals surface area contributed by atoms with Crippen molar-refractivity contribution in [1.82, 2.24) is 5.32 Å². The van der Waals surface area contributed by atoms with E-state index in [0.717, 1.165) is 6.54 Å². The summed E-state index contributed by atoms with van der Waals surface area (Å²) in [4.78, 5) is 23.8. The Morgan fingerprint density at radius 1 is 1.32 bits per heavy atom. The zero-order chi connectivity index (χ0) is 13.8. The van der Waals surface area contributed by atoms with Crippen molar-refractivity contribution in [3.63, 3.8) is 0 Å². The maximum atomic E-state index is 12.2. The predicted molar refractivity (Wildman–Crippen MR) is 71.9 cm³/mol. The fourth-order valence-corrected chi connectivity index (χ4v) is 2.27. The van der Waals surface area contributed by atoms with Crippen molar-refractivity contribution in [3.8, 4) is 0 Å². The van der Waals surface area contributed by atoms with E-state index in [2.05, 4.69) is 10.6 Å². The minimum atomic E-state index is -0.450. The Balaban J connectivity index is 2.14. The third-order valence-corrected chi connectivity index (χ3v) is 3.44. The van der Waals surface area contributed by atoms with Crippen LogP contribution in [0.25, 0.3) is 0 Å². The van der Waals surface area contributed by atoms with Crippen LogP contribution in [-0.4, -0.2) is 32.1 Å². The highest BCUT2D eigenvalue weighted by Crippen LogP contribution is 2.21. The van der Waals surface area contributed by atoms with E-state index in [9.17, 15) is 9.59 Å². The summed E-state index contributed by atoms with van der Waals surface area (Å²) in [6, 6.07) is 6.86. The Morgan fingerprint density at radius 3 is 2.68 bits per heavy atom. The van der Waals surface area contributed by atoms with Crippen LogP contribution in [0, 0.1) is 11.8 Å². The first-order valence-electron chi connectivity index (χ1n) is 6.32. The van der Waals surface area contributed by atoms with Crippen molar-refractivity contribution in [3.05, 3.63) is 29.8 Å². The standard InChI is InChI=1S/C14H18N2O3/c1-9-7-15-8-11(9)13(17)16-12-6-4-3-5-10(12)14(18)19-2/h3-6,9,11,15H,7-8H2,1-2H3,(H,16,17). The van der Waals surface area contributed by atoms with Crippen LogP contribution >= 0.6 is 0 Å². The van der Waals surface area contributed by atoms with Gasteiger partial charge in [0.15, 0.2) is 0 Å². The largest absolute Gasteiger partial charge is 0.465 e. The summed E-state index contributed by atoms with van der Waals surface area (Å²) < 4.78 is 4.70. The molecule has 1 amide bonds. The third-order valence-electron chi connectivity index (χ3n) is 3.44. The number of amides is 1. The Labute approximate surface area is 112 Å². The molecule has 2 N–H and O–H groups in total. The Hall–Kier alpha value is -1.88. The van der Waals surface area contributed by atoms with Gasteiger partial charge < -0.3 is 15.4 Å². The molecule has 5 heteroatoms. The molecule has 2 unspecified atom stereocenters. The molecule has 2 atom stereocenters. The van der Waals surface area contributed by atoms with E-state index in [4.69, 9.17) is 4.74 Å². The van der Waals surface area contributed by atoms with Gasteiger partial charge in [0, 0.05) is 6.54 Å². The third kappa shape index (κ3) is 2.93. The molecule has 1 aromatic rings. The molecule has 1 saturated heterocycles. The van der Waals surface area contributed by atoms with Gasteiger partial charge in [-0.2, -0.15) is 0 Å². The van der Waals surface area contributed by atoms with Crippen molar-refractivity contribution < 1.29 is 14.3 Å². The number of carbonyl (C=O) groups is 2. The van der Waals surface area contributed by atoms with Crippen LogP contribution in [0.5, 0.6) is 0 Å². The van der Waals surface area contributed by atoms with E-state index in [-0.39, 0.29) is 11.8 Å². The molecule has 1 aliphatic rings. The van der Waals surface area contributed by atoms with Crippen LogP contribution in [0.2, 0.25) is 0 Å². The molecule has 0 spiro atoms. The second-order valence-corrected chi connectivity index (χ2v) is 4.77. The van der Waals surface area contributed by atoms with Crippen molar-refractivity contribution in [1.29, 1.82) is 0 Å². The molecule has 0 aromatic heterocycles. The normalized spacial score (nSPS) is 22.0. The van der Waals surface area contributed by atoms with E-state index < -0.39 is 5.97 Å². The molecule has 102 valence electrons. The van der Waals surface area contributed by atoms with Crippen LogP contribution in [0.1, 0.15) is 17.3 Å². The Bertz CT molecular complexity index is 487. The lowest BCUT2D eigenvalue weighted by molar-refractivity contribution is -0.120. The van der Waals surface area contributed by atoms with Crippen LogP contribution < -0.4 is 10.6 Å². The van der Waals surface area contributed by atoms with E-state index >= 15 is 0 Å². The lowest BCUT2D eigenvalue weighted by atomic mass is 9.97. The number of methoxy groups -OCH3 is 1. The SMILES string of the molecule is COC(=O)c1ccccc1NC(=O)C1CNCC1C. The average molecular weight is 262 g/mol. The number of ether oxygens (including phenoxy) is 1. The summed E-state index contributed by atoms with van der Waals surface area (Å²) in [5.41, 5.74) is 0.871. The number of nitrogens with one attached hydrogen (secondary N) is 2. The number of hydrogen-bond donors (Lipinski definition) is 2. The van der Waals surface area contributed by atoms with E-state index in [0.29, 0.717) is 23.7 Å². The summed E-state index contributed by atoms with van der Waals surface area (Å²) >= 11 is 0. The minimum absolute atomic E-state index is 0.0612. The zero-order valence-corrected chi connectivity index (χ0v) is 11.1. The van der Waals surface area contributed by atoms with Gasteiger partial charge in [0.05, 0.1) is 24.3 Å². The lowest BCUT2D eigenvalue weighted by Gasteiger charge is -2.15. The van der Waals surface area contributed by atoms with Crippen molar-refractivity contribution in [2.24, 2.45) is 11.8 Å². The van der Waals surface area contributed by atoms with E-state index in [1.54, 1.807) is 24.3 Å². The minimum Gasteiger partial charge on any atom is -0.465 e. The smallest absolute Gasteiger partial charge is 0.339 e. The van der Waals surface area contributed by atoms with Crippen LogP contribution in [-0.2, 0) is 9.53 Å². The molecule has 2 rings (SSSR count). The fraction of sp³-hybridized carbons (Fsp3) is 0.429. The summed E-state index contributed by atoms with van der Waals surface area (Å²) in [6.45, 7) is 3.56. The van der Waals surface area contributed by atoms with Gasteiger partial charge in [-0.25, -0.2) is 4.79 Å². The van der Waals surface area contributed by atoms with Gasteiger partial charge in [0.2, 0.25) is 5.91 Å². The summed E-state index contributed by atoms with van der Waals surface area (Å²) in [5.74, 6) is -0.279. The molecule has 0 saturated carbocycles. The molecule has 1 aromatic carbocycles. The van der Waals surface area contributed by atoms with E-state index in [1.807, 2.05) is 6.92 Å². The molecule has 5 nitrogen and oxygen atoms in total. The van der Waals surface area contributed by atoms with Gasteiger partial charge in [-0.15, -0.1) is 0 Å². The predicted octanol–water partition coefficient (Wildman–Crippen LogP) is 1.27. The number of carbonyl (C=O) groups excluding carboxylic acids is 2. The molecule has 1 aliphatic heterocycles. The second-order valence-electron chi connectivity index (χ2n) is 4.77. The number of rotatable bonds is 3. The van der Waals surface area contributed by atoms with Gasteiger partial charge in [-0.05, 0) is 24.6 Å². The molecule has 0 aliphatic carbocycles. The molecule has 1 heterocycles. The highest BCUT2D eigenvalue weighted by molar-refractivity contribution is 6.02. The summed E-state index contributed by atoms with van der Waals surface area (Å²) in [5, 5.41) is 6.00. The van der Waals surface area contributed by atoms with Gasteiger partial charge in [-0.3, -0.25) is 4.79 Å². The van der Waals surface area contributed by atoms with Crippen molar-refractivity contribution >= 4 is 17.6 Å².